The zero-order valence-electron chi connectivity index (χ0n) is 7.81. The maximum absolute atomic E-state index is 11.1. The molecule has 1 atom stereocenters. The van der Waals surface area contributed by atoms with Crippen molar-refractivity contribution in [3.05, 3.63) is 0 Å². The highest BCUT2D eigenvalue weighted by molar-refractivity contribution is 14.1. The van der Waals surface area contributed by atoms with Crippen LogP contribution in [0.4, 0.5) is 0 Å². The Morgan fingerprint density at radius 1 is 1.50 bits per heavy atom. The highest BCUT2D eigenvalue weighted by Crippen LogP contribution is 2.10. The fraction of sp³-hybridized carbons (Fsp3) is 0.889. The molecule has 0 N–H and O–H groups in total. The number of hydrogen-bond donors (Lipinski definition) is 0. The molecule has 0 saturated heterocycles. The average molecular weight is 284 g/mol. The minimum atomic E-state index is -0.0512. The topological polar surface area (TPSA) is 26.3 Å². The number of halogens is 1. The van der Waals surface area contributed by atoms with Crippen LogP contribution in [0.25, 0.3) is 0 Å². The van der Waals surface area contributed by atoms with Gasteiger partial charge >= 0.3 is 5.97 Å². The van der Waals surface area contributed by atoms with Crippen LogP contribution in [0, 0.1) is 0 Å². The second-order valence-corrected chi connectivity index (χ2v) is 4.55. The van der Waals surface area contributed by atoms with Gasteiger partial charge in [0.2, 0.25) is 0 Å². The van der Waals surface area contributed by atoms with Gasteiger partial charge in [-0.25, -0.2) is 0 Å². The van der Waals surface area contributed by atoms with E-state index in [0.717, 1.165) is 19.3 Å². The van der Waals surface area contributed by atoms with Crippen LogP contribution in [0.5, 0.6) is 0 Å². The lowest BCUT2D eigenvalue weighted by atomic mass is 10.2. The molecule has 0 bridgehead atoms. The number of unbranched alkanes of at least 4 members (excludes halogenated alkanes) is 1. The van der Waals surface area contributed by atoms with Crippen LogP contribution in [0.2, 0.25) is 0 Å². The minimum absolute atomic E-state index is 0.0512. The smallest absolute Gasteiger partial charge is 0.306 e. The van der Waals surface area contributed by atoms with Gasteiger partial charge in [0, 0.05) is 3.92 Å². The van der Waals surface area contributed by atoms with Gasteiger partial charge in [-0.1, -0.05) is 42.9 Å². The molecule has 0 fully saturated rings. The van der Waals surface area contributed by atoms with Gasteiger partial charge in [0.15, 0.2) is 0 Å². The lowest BCUT2D eigenvalue weighted by Gasteiger charge is -2.06. The van der Waals surface area contributed by atoms with Gasteiger partial charge in [0.25, 0.3) is 0 Å². The van der Waals surface area contributed by atoms with Crippen molar-refractivity contribution in [3.63, 3.8) is 0 Å². The molecule has 0 aromatic rings. The third-order valence-electron chi connectivity index (χ3n) is 1.59. The molecule has 0 aliphatic rings. The number of alkyl halides is 1. The lowest BCUT2D eigenvalue weighted by Crippen LogP contribution is -2.11. The van der Waals surface area contributed by atoms with Crippen molar-refractivity contribution < 1.29 is 9.53 Å². The Kier molecular flexibility index (Phi) is 7.96. The Bertz CT molecular complexity index is 126. The van der Waals surface area contributed by atoms with Gasteiger partial charge in [-0.2, -0.15) is 0 Å². The van der Waals surface area contributed by atoms with Crippen LogP contribution in [0.15, 0.2) is 0 Å². The summed E-state index contributed by atoms with van der Waals surface area (Å²) in [5.41, 5.74) is 0. The van der Waals surface area contributed by atoms with E-state index in [1.807, 2.05) is 0 Å². The molecule has 0 aliphatic carbocycles. The molecule has 0 radical (unpaired) electrons. The Hall–Kier alpha value is 0.200. The van der Waals surface area contributed by atoms with E-state index in [-0.39, 0.29) is 5.97 Å². The molecule has 0 aromatic heterocycles. The maximum Gasteiger partial charge on any atom is 0.306 e. The van der Waals surface area contributed by atoms with E-state index in [0.29, 0.717) is 17.0 Å². The molecule has 0 heterocycles. The summed E-state index contributed by atoms with van der Waals surface area (Å²) in [6.07, 6.45) is 3.64. The molecule has 0 aromatic carbocycles. The van der Waals surface area contributed by atoms with E-state index >= 15 is 0 Å². The van der Waals surface area contributed by atoms with Crippen LogP contribution in [-0.4, -0.2) is 16.5 Å². The van der Waals surface area contributed by atoms with Crippen molar-refractivity contribution in [2.75, 3.05) is 6.61 Å². The van der Waals surface area contributed by atoms with Gasteiger partial charge in [0.05, 0.1) is 13.0 Å². The largest absolute Gasteiger partial charge is 0.466 e. The van der Waals surface area contributed by atoms with Gasteiger partial charge in [-0.3, -0.25) is 4.79 Å². The number of esters is 1. The second-order valence-electron chi connectivity index (χ2n) is 2.78. The lowest BCUT2D eigenvalue weighted by molar-refractivity contribution is -0.143. The van der Waals surface area contributed by atoms with Crippen LogP contribution in [-0.2, 0) is 9.53 Å². The van der Waals surface area contributed by atoms with Crippen LogP contribution in [0.3, 0.4) is 0 Å². The summed E-state index contributed by atoms with van der Waals surface area (Å²) in [7, 11) is 0. The predicted molar refractivity (Wildman–Crippen MR) is 58.6 cm³/mol. The van der Waals surface area contributed by atoms with E-state index in [2.05, 4.69) is 36.4 Å². The van der Waals surface area contributed by atoms with Gasteiger partial charge in [-0.05, 0) is 12.8 Å². The summed E-state index contributed by atoms with van der Waals surface area (Å²) in [5.74, 6) is -0.0512. The zero-order valence-corrected chi connectivity index (χ0v) is 9.96. The van der Waals surface area contributed by atoms with Crippen molar-refractivity contribution in [1.82, 2.24) is 0 Å². The summed E-state index contributed by atoms with van der Waals surface area (Å²) in [5, 5.41) is 0. The summed E-state index contributed by atoms with van der Waals surface area (Å²) in [6.45, 7) is 4.75. The number of hydrogen-bond acceptors (Lipinski definition) is 2. The molecule has 3 heteroatoms. The summed E-state index contributed by atoms with van der Waals surface area (Å²) in [4.78, 5) is 11.1. The molecule has 0 rings (SSSR count). The molecule has 0 saturated carbocycles. The predicted octanol–water partition coefficient (Wildman–Crippen LogP) is 2.93. The Morgan fingerprint density at radius 3 is 2.67 bits per heavy atom. The standard InChI is InChI=1S/C9H17IO2/c1-3-5-6-12-9(11)7-8(10)4-2/h8H,3-7H2,1-2H3. The molecule has 0 spiro atoms. The van der Waals surface area contributed by atoms with E-state index in [4.69, 9.17) is 4.74 Å². The first-order valence-electron chi connectivity index (χ1n) is 4.50. The Balaban J connectivity index is 3.33. The van der Waals surface area contributed by atoms with Crippen LogP contribution in [0.1, 0.15) is 39.5 Å². The highest BCUT2D eigenvalue weighted by atomic mass is 127. The SMILES string of the molecule is CCCCOC(=O)CC(I)CC. The minimum Gasteiger partial charge on any atom is -0.466 e. The first kappa shape index (κ1) is 12.2. The maximum atomic E-state index is 11.1. The Morgan fingerprint density at radius 2 is 2.17 bits per heavy atom. The van der Waals surface area contributed by atoms with Gasteiger partial charge < -0.3 is 4.74 Å². The summed E-state index contributed by atoms with van der Waals surface area (Å²) in [6, 6.07) is 0. The highest BCUT2D eigenvalue weighted by Gasteiger charge is 2.08. The van der Waals surface area contributed by atoms with Crippen molar-refractivity contribution in [2.45, 2.75) is 43.5 Å². The quantitative estimate of drug-likeness (QED) is 0.324. The molecule has 72 valence electrons. The van der Waals surface area contributed by atoms with E-state index in [1.165, 1.54) is 0 Å². The molecular formula is C9H17IO2. The number of rotatable bonds is 6. The van der Waals surface area contributed by atoms with Gasteiger partial charge in [0.1, 0.15) is 0 Å². The fourth-order valence-corrected chi connectivity index (χ4v) is 1.07. The monoisotopic (exact) mass is 284 g/mol. The zero-order chi connectivity index (χ0) is 9.40. The third-order valence-corrected chi connectivity index (χ3v) is 2.91. The average Bonchev–Trinajstić information content (AvgIpc) is 2.05. The summed E-state index contributed by atoms with van der Waals surface area (Å²) < 4.78 is 5.44. The van der Waals surface area contributed by atoms with Gasteiger partial charge in [-0.15, -0.1) is 0 Å². The first-order chi connectivity index (χ1) is 5.70. The van der Waals surface area contributed by atoms with Crippen molar-refractivity contribution in [1.29, 1.82) is 0 Å². The van der Waals surface area contributed by atoms with Crippen LogP contribution >= 0.6 is 22.6 Å². The molecule has 2 nitrogen and oxygen atoms in total. The van der Waals surface area contributed by atoms with E-state index in [9.17, 15) is 4.79 Å². The molecule has 0 aliphatic heterocycles. The fourth-order valence-electron chi connectivity index (χ4n) is 0.714. The van der Waals surface area contributed by atoms with Crippen LogP contribution < -0.4 is 0 Å². The second kappa shape index (κ2) is 7.83. The van der Waals surface area contributed by atoms with Crippen molar-refractivity contribution in [3.8, 4) is 0 Å². The molecule has 1 unspecified atom stereocenters. The van der Waals surface area contributed by atoms with E-state index in [1.54, 1.807) is 0 Å². The molecule has 12 heavy (non-hydrogen) atoms. The molecule has 0 amide bonds. The summed E-state index contributed by atoms with van der Waals surface area (Å²) >= 11 is 2.28. The van der Waals surface area contributed by atoms with Crippen molar-refractivity contribution in [2.24, 2.45) is 0 Å². The Labute approximate surface area is 88.2 Å². The number of carbonyl (C=O) groups excluding carboxylic acids is 1. The normalized spacial score (nSPS) is 12.6. The molecular weight excluding hydrogens is 267 g/mol. The van der Waals surface area contributed by atoms with E-state index < -0.39 is 0 Å². The third kappa shape index (κ3) is 6.88. The number of carbonyl (C=O) groups is 1. The first-order valence-corrected chi connectivity index (χ1v) is 5.75. The number of ether oxygens (including phenoxy) is 1. The van der Waals surface area contributed by atoms with Crippen molar-refractivity contribution >= 4 is 28.6 Å².